The molecule has 0 radical (unpaired) electrons. The second-order valence-corrected chi connectivity index (χ2v) is 10.1. The zero-order valence-corrected chi connectivity index (χ0v) is 20.8. The summed E-state index contributed by atoms with van der Waals surface area (Å²) in [6.07, 6.45) is 5.14. The fourth-order valence-corrected chi connectivity index (χ4v) is 5.13. The molecule has 4 aromatic rings. The van der Waals surface area contributed by atoms with Crippen LogP contribution in [0.2, 0.25) is 0 Å². The van der Waals surface area contributed by atoms with E-state index in [1.54, 1.807) is 24.3 Å². The van der Waals surface area contributed by atoms with Crippen LogP contribution in [0.1, 0.15) is 22.3 Å². The minimum absolute atomic E-state index is 0.0570. The Labute approximate surface area is 212 Å². The number of hydrogen-bond donors (Lipinski definition) is 0. The molecule has 4 nitrogen and oxygen atoms in total. The van der Waals surface area contributed by atoms with Gasteiger partial charge in [0.25, 0.3) is 10.0 Å². The van der Waals surface area contributed by atoms with Gasteiger partial charge in [-0.3, -0.25) is 4.79 Å². The van der Waals surface area contributed by atoms with Gasteiger partial charge in [0.15, 0.2) is 0 Å². The molecule has 0 unspecified atom stereocenters. The lowest BCUT2D eigenvalue weighted by Gasteiger charge is -2.24. The molecular formula is C31H27NO3S. The molecule has 0 saturated carbocycles. The molecule has 0 aliphatic heterocycles. The van der Waals surface area contributed by atoms with Crippen LogP contribution >= 0.6 is 0 Å². The van der Waals surface area contributed by atoms with Crippen LogP contribution in [0.5, 0.6) is 0 Å². The largest absolute Gasteiger partial charge is 0.273 e. The molecule has 180 valence electrons. The minimum Gasteiger partial charge on any atom is -0.273 e. The van der Waals surface area contributed by atoms with Gasteiger partial charge in [0.2, 0.25) is 5.91 Å². The zero-order valence-electron chi connectivity index (χ0n) is 20.0. The molecule has 0 heterocycles. The van der Waals surface area contributed by atoms with Crippen molar-refractivity contribution in [1.29, 1.82) is 0 Å². The molecule has 0 aliphatic carbocycles. The van der Waals surface area contributed by atoms with Gasteiger partial charge in [-0.05, 0) is 47.9 Å². The topological polar surface area (TPSA) is 54.5 Å². The molecule has 0 N–H and O–H groups in total. The molecule has 0 bridgehead atoms. The van der Waals surface area contributed by atoms with Crippen molar-refractivity contribution in [2.45, 2.75) is 18.2 Å². The highest BCUT2D eigenvalue weighted by Gasteiger charge is 2.31. The molecule has 0 atom stereocenters. The number of aryl methyl sites for hydroxylation is 1. The number of allylic oxidation sites excluding steroid dienone is 1. The third-order valence-corrected chi connectivity index (χ3v) is 7.34. The van der Waals surface area contributed by atoms with Crippen LogP contribution in [0, 0.1) is 6.92 Å². The Morgan fingerprint density at radius 2 is 1.25 bits per heavy atom. The van der Waals surface area contributed by atoms with Crippen molar-refractivity contribution in [3.8, 4) is 0 Å². The smallest absolute Gasteiger partial charge is 0.270 e. The molecule has 4 rings (SSSR count). The van der Waals surface area contributed by atoms with Crippen molar-refractivity contribution in [2.24, 2.45) is 0 Å². The monoisotopic (exact) mass is 493 g/mol. The second-order valence-electron chi connectivity index (χ2n) is 8.36. The van der Waals surface area contributed by atoms with Crippen LogP contribution in [0.3, 0.4) is 0 Å². The van der Waals surface area contributed by atoms with Gasteiger partial charge in [-0.1, -0.05) is 115 Å². The molecule has 1 amide bonds. The number of carbonyl (C=O) groups is 1. The van der Waals surface area contributed by atoms with Gasteiger partial charge in [0.05, 0.1) is 17.0 Å². The summed E-state index contributed by atoms with van der Waals surface area (Å²) in [6, 6.07) is 34.6. The van der Waals surface area contributed by atoms with Crippen molar-refractivity contribution in [3.63, 3.8) is 0 Å². The van der Waals surface area contributed by atoms with E-state index < -0.39 is 15.9 Å². The van der Waals surface area contributed by atoms with Gasteiger partial charge in [-0.15, -0.1) is 0 Å². The maximum Gasteiger partial charge on any atom is 0.270 e. The number of rotatable bonds is 8. The molecule has 0 aliphatic rings. The second kappa shape index (κ2) is 11.5. The Morgan fingerprint density at radius 1 is 0.722 bits per heavy atom. The summed E-state index contributed by atoms with van der Waals surface area (Å²) in [7, 11) is -4.20. The maximum atomic E-state index is 13.9. The number of nitrogens with zero attached hydrogens (tertiary/aromatic N) is 1. The highest BCUT2D eigenvalue weighted by molar-refractivity contribution is 7.89. The molecule has 0 aromatic heterocycles. The minimum atomic E-state index is -4.20. The van der Waals surface area contributed by atoms with Crippen molar-refractivity contribution >= 4 is 28.1 Å². The highest BCUT2D eigenvalue weighted by Crippen LogP contribution is 2.25. The lowest BCUT2D eigenvalue weighted by Crippen LogP contribution is -2.36. The number of hydrogen-bond acceptors (Lipinski definition) is 3. The van der Waals surface area contributed by atoms with E-state index in [1.807, 2.05) is 104 Å². The molecule has 0 spiro atoms. The summed E-state index contributed by atoms with van der Waals surface area (Å²) in [4.78, 5) is 13.8. The van der Waals surface area contributed by atoms with Crippen LogP contribution < -0.4 is 0 Å². The summed E-state index contributed by atoms with van der Waals surface area (Å²) < 4.78 is 28.8. The standard InChI is InChI=1S/C31H27NO3S/c1-25-17-21-30(22-18-25)36(34,35)32(31(33)24-28-15-9-4-10-16-28)29(23-27-13-7-3-8-14-27)20-19-26-11-5-2-6-12-26/h2-23H,24H2,1H3/b20-19+,29-23+. The molecule has 4 aromatic carbocycles. The molecule has 0 fully saturated rings. The van der Waals surface area contributed by atoms with Gasteiger partial charge in [0.1, 0.15) is 0 Å². The van der Waals surface area contributed by atoms with Crippen molar-refractivity contribution < 1.29 is 13.2 Å². The summed E-state index contributed by atoms with van der Waals surface area (Å²) in [5, 5.41) is 0. The normalized spacial score (nSPS) is 12.0. The predicted molar refractivity (Wildman–Crippen MR) is 145 cm³/mol. The quantitative estimate of drug-likeness (QED) is 0.263. The van der Waals surface area contributed by atoms with Crippen LogP contribution in [-0.2, 0) is 21.2 Å². The Morgan fingerprint density at radius 3 is 1.83 bits per heavy atom. The lowest BCUT2D eigenvalue weighted by atomic mass is 10.1. The van der Waals surface area contributed by atoms with Crippen LogP contribution in [0.25, 0.3) is 12.2 Å². The van der Waals surface area contributed by atoms with Crippen molar-refractivity contribution in [1.82, 2.24) is 4.31 Å². The highest BCUT2D eigenvalue weighted by atomic mass is 32.2. The first-order valence-corrected chi connectivity index (χ1v) is 13.1. The van der Waals surface area contributed by atoms with Gasteiger partial charge in [0, 0.05) is 0 Å². The number of amides is 1. The van der Waals surface area contributed by atoms with Gasteiger partial charge >= 0.3 is 0 Å². The average molecular weight is 494 g/mol. The Hall–Kier alpha value is -4.22. The van der Waals surface area contributed by atoms with Crippen molar-refractivity contribution in [2.75, 3.05) is 0 Å². The number of sulfonamides is 1. The van der Waals surface area contributed by atoms with Gasteiger partial charge in [-0.25, -0.2) is 12.7 Å². The third kappa shape index (κ3) is 6.26. The van der Waals surface area contributed by atoms with E-state index >= 15 is 0 Å². The number of carbonyl (C=O) groups excluding carboxylic acids is 1. The van der Waals surface area contributed by atoms with Crippen LogP contribution in [0.4, 0.5) is 0 Å². The summed E-state index contributed by atoms with van der Waals surface area (Å²) in [5.74, 6) is -0.540. The lowest BCUT2D eigenvalue weighted by molar-refractivity contribution is -0.124. The average Bonchev–Trinajstić information content (AvgIpc) is 2.89. The van der Waals surface area contributed by atoms with E-state index in [4.69, 9.17) is 0 Å². The molecule has 36 heavy (non-hydrogen) atoms. The molecule has 5 heteroatoms. The zero-order chi connectivity index (χ0) is 25.4. The van der Waals surface area contributed by atoms with E-state index in [1.165, 1.54) is 12.1 Å². The van der Waals surface area contributed by atoms with E-state index in [0.717, 1.165) is 26.6 Å². The van der Waals surface area contributed by atoms with E-state index in [0.29, 0.717) is 0 Å². The summed E-state index contributed by atoms with van der Waals surface area (Å²) in [5.41, 5.74) is 3.59. The molecule has 0 saturated heterocycles. The predicted octanol–water partition coefficient (Wildman–Crippen LogP) is 6.51. The van der Waals surface area contributed by atoms with Crippen LogP contribution in [-0.4, -0.2) is 18.6 Å². The number of benzene rings is 4. The van der Waals surface area contributed by atoms with E-state index in [-0.39, 0.29) is 17.0 Å². The first-order chi connectivity index (χ1) is 17.4. The summed E-state index contributed by atoms with van der Waals surface area (Å²) in [6.45, 7) is 1.89. The summed E-state index contributed by atoms with van der Waals surface area (Å²) >= 11 is 0. The van der Waals surface area contributed by atoms with Crippen molar-refractivity contribution in [3.05, 3.63) is 149 Å². The van der Waals surface area contributed by atoms with Gasteiger partial charge < -0.3 is 0 Å². The third-order valence-electron chi connectivity index (χ3n) is 5.58. The Balaban J connectivity index is 1.86. The maximum absolute atomic E-state index is 13.9. The van der Waals surface area contributed by atoms with E-state index in [9.17, 15) is 13.2 Å². The Bertz CT molecular complexity index is 1460. The van der Waals surface area contributed by atoms with E-state index in [2.05, 4.69) is 0 Å². The first-order valence-electron chi connectivity index (χ1n) is 11.6. The Kier molecular flexibility index (Phi) is 7.93. The SMILES string of the molecule is Cc1ccc(S(=O)(=O)N(C(=O)Cc2ccccc2)C(/C=C/c2ccccc2)=C/c2ccccc2)cc1. The van der Waals surface area contributed by atoms with Crippen LogP contribution in [0.15, 0.2) is 132 Å². The fraction of sp³-hybridized carbons (Fsp3) is 0.0645. The molecular weight excluding hydrogens is 466 g/mol. The first kappa shape index (κ1) is 24.9. The van der Waals surface area contributed by atoms with Gasteiger partial charge in [-0.2, -0.15) is 0 Å². The fourth-order valence-electron chi connectivity index (χ4n) is 3.71.